The van der Waals surface area contributed by atoms with E-state index in [1.54, 1.807) is 20.8 Å². The summed E-state index contributed by atoms with van der Waals surface area (Å²) in [6.45, 7) is 14.8. The van der Waals surface area contributed by atoms with Crippen molar-refractivity contribution in [3.8, 4) is 0 Å². The van der Waals surface area contributed by atoms with Crippen LogP contribution < -0.4 is 10.6 Å². The molecule has 0 heterocycles. The maximum atomic E-state index is 13.0. The van der Waals surface area contributed by atoms with E-state index in [1.807, 2.05) is 52.8 Å². The zero-order chi connectivity index (χ0) is 22.4. The molecule has 0 saturated carbocycles. The third-order valence-corrected chi connectivity index (χ3v) is 4.28. The summed E-state index contributed by atoms with van der Waals surface area (Å²) in [4.78, 5) is 39.2. The van der Waals surface area contributed by atoms with Crippen LogP contribution >= 0.6 is 0 Å². The second kappa shape index (κ2) is 10.3. The summed E-state index contributed by atoms with van der Waals surface area (Å²) in [5.74, 6) is -0.615. The van der Waals surface area contributed by atoms with Crippen LogP contribution in [0.1, 0.15) is 64.3 Å². The number of aryl methyl sites for hydroxylation is 2. The average Bonchev–Trinajstić information content (AvgIpc) is 2.57. The van der Waals surface area contributed by atoms with Gasteiger partial charge in [0.2, 0.25) is 11.8 Å². The third-order valence-electron chi connectivity index (χ3n) is 4.28. The predicted molar refractivity (Wildman–Crippen MR) is 114 cm³/mol. The zero-order valence-corrected chi connectivity index (χ0v) is 18.9. The minimum Gasteiger partial charge on any atom is -0.444 e. The monoisotopic (exact) mass is 405 g/mol. The fraction of sp³-hybridized carbons (Fsp3) is 0.591. The van der Waals surface area contributed by atoms with Crippen LogP contribution in [0.5, 0.6) is 0 Å². The average molecular weight is 406 g/mol. The van der Waals surface area contributed by atoms with Gasteiger partial charge in [0.15, 0.2) is 0 Å². The number of nitrogens with one attached hydrogen (secondary N) is 2. The second-order valence-corrected chi connectivity index (χ2v) is 8.44. The minimum absolute atomic E-state index is 0.0646. The summed E-state index contributed by atoms with van der Waals surface area (Å²) < 4.78 is 5.18. The normalized spacial score (nSPS) is 12.3. The highest BCUT2D eigenvalue weighted by Crippen LogP contribution is 2.24. The van der Waals surface area contributed by atoms with E-state index in [2.05, 4.69) is 10.6 Å². The van der Waals surface area contributed by atoms with Crippen LogP contribution in [0.15, 0.2) is 18.2 Å². The number of nitrogens with zero attached hydrogens (tertiary/aromatic N) is 1. The van der Waals surface area contributed by atoms with E-state index in [0.29, 0.717) is 6.54 Å². The lowest BCUT2D eigenvalue weighted by Crippen LogP contribution is -2.48. The molecule has 0 fully saturated rings. The van der Waals surface area contributed by atoms with Crippen LogP contribution in [0.2, 0.25) is 0 Å². The molecule has 0 aliphatic carbocycles. The molecule has 0 aromatic heterocycles. The molecule has 0 aliphatic rings. The number of amides is 3. The van der Waals surface area contributed by atoms with Crippen LogP contribution in [0.4, 0.5) is 4.79 Å². The van der Waals surface area contributed by atoms with E-state index in [0.717, 1.165) is 16.7 Å². The summed E-state index contributed by atoms with van der Waals surface area (Å²) in [6, 6.07) is 4.89. The molecule has 0 radical (unpaired) electrons. The Morgan fingerprint density at radius 1 is 1.10 bits per heavy atom. The number of hydrogen-bond donors (Lipinski definition) is 2. The number of hydrogen-bond acceptors (Lipinski definition) is 4. The predicted octanol–water partition coefficient (Wildman–Crippen LogP) is 3.24. The number of alkyl carbamates (subject to hydrolysis) is 1. The highest BCUT2D eigenvalue weighted by molar-refractivity contribution is 5.90. The zero-order valence-electron chi connectivity index (χ0n) is 18.9. The maximum absolute atomic E-state index is 13.0. The van der Waals surface area contributed by atoms with Gasteiger partial charge >= 0.3 is 6.09 Å². The lowest BCUT2D eigenvalue weighted by Gasteiger charge is -2.31. The Morgan fingerprint density at radius 3 is 2.21 bits per heavy atom. The molecule has 1 atom stereocenters. The van der Waals surface area contributed by atoms with Crippen LogP contribution in [0.3, 0.4) is 0 Å². The van der Waals surface area contributed by atoms with Gasteiger partial charge < -0.3 is 20.3 Å². The molecule has 1 rings (SSSR count). The maximum Gasteiger partial charge on any atom is 0.408 e. The van der Waals surface area contributed by atoms with Gasteiger partial charge in [0.25, 0.3) is 0 Å². The Bertz CT molecular complexity index is 738. The largest absolute Gasteiger partial charge is 0.444 e. The molecule has 7 heteroatoms. The molecule has 2 N–H and O–H groups in total. The molecule has 1 aromatic carbocycles. The molecule has 0 spiro atoms. The summed E-state index contributed by atoms with van der Waals surface area (Å²) in [6.07, 6.45) is -0.670. The summed E-state index contributed by atoms with van der Waals surface area (Å²) in [5.41, 5.74) is 2.23. The van der Waals surface area contributed by atoms with Gasteiger partial charge in [0.1, 0.15) is 18.2 Å². The molecule has 162 valence electrons. The van der Waals surface area contributed by atoms with Crippen molar-refractivity contribution >= 4 is 17.9 Å². The Morgan fingerprint density at radius 2 is 1.72 bits per heavy atom. The quantitative estimate of drug-likeness (QED) is 0.729. The van der Waals surface area contributed by atoms with E-state index < -0.39 is 17.7 Å². The van der Waals surface area contributed by atoms with Crippen molar-refractivity contribution in [1.82, 2.24) is 15.5 Å². The molecule has 1 unspecified atom stereocenters. The van der Waals surface area contributed by atoms with E-state index in [4.69, 9.17) is 4.74 Å². The second-order valence-electron chi connectivity index (χ2n) is 8.44. The van der Waals surface area contributed by atoms with Gasteiger partial charge in [0.05, 0.1) is 0 Å². The summed E-state index contributed by atoms with van der Waals surface area (Å²) in [5, 5.41) is 5.37. The van der Waals surface area contributed by atoms with Crippen LogP contribution in [-0.4, -0.2) is 47.5 Å². The first-order valence-electron chi connectivity index (χ1n) is 9.99. The Labute approximate surface area is 174 Å². The fourth-order valence-corrected chi connectivity index (χ4v) is 2.84. The van der Waals surface area contributed by atoms with Crippen LogP contribution in [0.25, 0.3) is 0 Å². The minimum atomic E-state index is -0.783. The van der Waals surface area contributed by atoms with Crippen molar-refractivity contribution in [2.24, 2.45) is 0 Å². The van der Waals surface area contributed by atoms with Gasteiger partial charge in [-0.2, -0.15) is 0 Å². The molecular weight excluding hydrogens is 370 g/mol. The van der Waals surface area contributed by atoms with Crippen molar-refractivity contribution in [2.45, 2.75) is 73.1 Å². The molecule has 7 nitrogen and oxygen atoms in total. The van der Waals surface area contributed by atoms with E-state index in [9.17, 15) is 14.4 Å². The van der Waals surface area contributed by atoms with Gasteiger partial charge in [0, 0.05) is 12.6 Å². The van der Waals surface area contributed by atoms with Gasteiger partial charge in [-0.3, -0.25) is 9.59 Å². The molecule has 1 aromatic rings. The van der Waals surface area contributed by atoms with Gasteiger partial charge in [-0.25, -0.2) is 4.79 Å². The number of rotatable bonds is 7. The number of carbonyl (C=O) groups is 3. The van der Waals surface area contributed by atoms with Crippen LogP contribution in [-0.2, 0) is 14.3 Å². The smallest absolute Gasteiger partial charge is 0.408 e. The standard InChI is InChI=1S/C22H35N3O4/c1-9-25(18(26)13-23-21(28)29-22(6,7)8)19(20(27)24-14(2)3)17-11-10-15(4)16(5)12-17/h10-12,14,19H,9,13H2,1-8H3,(H,23,28)(H,24,27). The Balaban J connectivity index is 3.09. The topological polar surface area (TPSA) is 87.7 Å². The Kier molecular flexibility index (Phi) is 8.67. The van der Waals surface area contributed by atoms with Gasteiger partial charge in [-0.15, -0.1) is 0 Å². The number of carbonyl (C=O) groups excluding carboxylic acids is 3. The molecule has 3 amide bonds. The van der Waals surface area contributed by atoms with Crippen molar-refractivity contribution in [3.63, 3.8) is 0 Å². The van der Waals surface area contributed by atoms with Crippen molar-refractivity contribution < 1.29 is 19.1 Å². The molecule has 0 bridgehead atoms. The van der Waals surface area contributed by atoms with E-state index in [1.165, 1.54) is 4.90 Å². The van der Waals surface area contributed by atoms with Crippen molar-refractivity contribution in [1.29, 1.82) is 0 Å². The van der Waals surface area contributed by atoms with Crippen molar-refractivity contribution in [3.05, 3.63) is 34.9 Å². The lowest BCUT2D eigenvalue weighted by atomic mass is 9.98. The fourth-order valence-electron chi connectivity index (χ4n) is 2.84. The summed E-state index contributed by atoms with van der Waals surface area (Å²) in [7, 11) is 0. The molecular formula is C22H35N3O4. The van der Waals surface area contributed by atoms with Gasteiger partial charge in [-0.05, 0) is 72.1 Å². The SMILES string of the molecule is CCN(C(=O)CNC(=O)OC(C)(C)C)C(C(=O)NC(C)C)c1ccc(C)c(C)c1. The number of ether oxygens (including phenoxy) is 1. The van der Waals surface area contributed by atoms with Gasteiger partial charge in [-0.1, -0.05) is 18.2 Å². The highest BCUT2D eigenvalue weighted by atomic mass is 16.6. The van der Waals surface area contributed by atoms with E-state index in [-0.39, 0.29) is 24.4 Å². The first-order chi connectivity index (χ1) is 13.4. The van der Waals surface area contributed by atoms with Crippen molar-refractivity contribution in [2.75, 3.05) is 13.1 Å². The summed E-state index contributed by atoms with van der Waals surface area (Å²) >= 11 is 0. The first kappa shape index (κ1) is 24.5. The van der Waals surface area contributed by atoms with E-state index >= 15 is 0 Å². The third kappa shape index (κ3) is 7.75. The number of benzene rings is 1. The lowest BCUT2D eigenvalue weighted by molar-refractivity contribution is -0.140. The Hall–Kier alpha value is -2.57. The number of likely N-dealkylation sites (N-methyl/N-ethyl adjacent to an activating group) is 1. The molecule has 0 saturated heterocycles. The van der Waals surface area contributed by atoms with Crippen LogP contribution in [0, 0.1) is 13.8 Å². The molecule has 29 heavy (non-hydrogen) atoms. The highest BCUT2D eigenvalue weighted by Gasteiger charge is 2.31. The first-order valence-corrected chi connectivity index (χ1v) is 9.99. The molecule has 0 aliphatic heterocycles.